The minimum absolute atomic E-state index is 0.00300. The van der Waals surface area contributed by atoms with Crippen LogP contribution >= 0.6 is 0 Å². The summed E-state index contributed by atoms with van der Waals surface area (Å²) in [5.41, 5.74) is -1.17. The Morgan fingerprint density at radius 3 is 1.96 bits per heavy atom. The number of nitrogens with one attached hydrogen (secondary N) is 1. The molecule has 1 saturated carbocycles. The summed E-state index contributed by atoms with van der Waals surface area (Å²) < 4.78 is 126. The maximum atomic E-state index is 14.1. The van der Waals surface area contributed by atoms with Crippen molar-refractivity contribution < 1.29 is 43.9 Å². The molecule has 0 saturated heterocycles. The van der Waals surface area contributed by atoms with Crippen molar-refractivity contribution in [2.24, 2.45) is 0 Å². The summed E-state index contributed by atoms with van der Waals surface area (Å²) in [6.45, 7) is 0. The van der Waals surface area contributed by atoms with E-state index >= 15 is 0 Å². The molecule has 0 bridgehead atoms. The number of anilines is 1. The second kappa shape index (κ2) is 6.59. The Hall–Kier alpha value is -2.50. The van der Waals surface area contributed by atoms with Crippen molar-refractivity contribution in [3.8, 4) is 5.75 Å². The largest absolute Gasteiger partial charge is 0.486 e. The van der Waals surface area contributed by atoms with E-state index < -0.39 is 73.2 Å². The molecular weight excluding hydrogens is 407 g/mol. The van der Waals surface area contributed by atoms with Gasteiger partial charge < -0.3 is 4.74 Å². The van der Waals surface area contributed by atoms with Gasteiger partial charge in [0.1, 0.15) is 5.82 Å². The second-order valence-corrected chi connectivity index (χ2v) is 7.20. The number of hydrogen-bond acceptors (Lipinski definition) is 3. The maximum Gasteiger partial charge on any atom is 0.268 e. The van der Waals surface area contributed by atoms with Crippen LogP contribution < -0.4 is 9.46 Å². The lowest BCUT2D eigenvalue weighted by atomic mass is 10.3. The Kier molecular flexibility index (Phi) is 4.70. The van der Waals surface area contributed by atoms with Crippen LogP contribution in [0.1, 0.15) is 12.8 Å². The third-order valence-corrected chi connectivity index (χ3v) is 4.91. The summed E-state index contributed by atoms with van der Waals surface area (Å²) in [7, 11) is -5.33. The van der Waals surface area contributed by atoms with Crippen LogP contribution in [0.5, 0.6) is 5.75 Å². The predicted octanol–water partition coefficient (Wildman–Crippen LogP) is 4.00. The van der Waals surface area contributed by atoms with Gasteiger partial charge >= 0.3 is 0 Å². The lowest BCUT2D eigenvalue weighted by Gasteiger charge is -2.16. The zero-order valence-electron chi connectivity index (χ0n) is 12.9. The van der Waals surface area contributed by atoms with Gasteiger partial charge in [0.25, 0.3) is 10.0 Å². The minimum Gasteiger partial charge on any atom is -0.486 e. The Balaban J connectivity index is 2.15. The molecule has 1 aliphatic rings. The van der Waals surface area contributed by atoms with Gasteiger partial charge in [-0.1, -0.05) is 0 Å². The van der Waals surface area contributed by atoms with Crippen LogP contribution in [0.25, 0.3) is 0 Å². The fourth-order valence-corrected chi connectivity index (χ4v) is 3.34. The van der Waals surface area contributed by atoms with Crippen LogP contribution in [-0.2, 0) is 10.0 Å². The summed E-state index contributed by atoms with van der Waals surface area (Å²) >= 11 is 0. The van der Waals surface area contributed by atoms with Gasteiger partial charge in [-0.15, -0.1) is 0 Å². The minimum atomic E-state index is -5.33. The molecule has 12 heteroatoms. The first kappa shape index (κ1) is 19.3. The fraction of sp³-hybridized carbons (Fsp3) is 0.200. The standard InChI is InChI=1S/C15H8F7NO3S/c16-6-3-8(18)9(4-7(6)17)23-27(24,25)15-13(22)11(20)10(19)12(21)14(15)26-5-1-2-5/h3-5,23H,1-2H2. The van der Waals surface area contributed by atoms with Gasteiger partial charge in [-0.3, -0.25) is 4.72 Å². The molecule has 4 nitrogen and oxygen atoms in total. The van der Waals surface area contributed by atoms with Crippen LogP contribution in [0, 0.1) is 40.7 Å². The molecule has 0 aliphatic heterocycles. The summed E-state index contributed by atoms with van der Waals surface area (Å²) in [6, 6.07) is 0.0920. The highest BCUT2D eigenvalue weighted by atomic mass is 32.2. The molecule has 1 aliphatic carbocycles. The topological polar surface area (TPSA) is 55.4 Å². The Labute approximate surface area is 147 Å². The molecule has 0 heterocycles. The van der Waals surface area contributed by atoms with E-state index in [-0.39, 0.29) is 12.1 Å². The lowest BCUT2D eigenvalue weighted by Crippen LogP contribution is -2.20. The SMILES string of the molecule is O=S(=O)(Nc1cc(F)c(F)cc1F)c1c(F)c(F)c(F)c(F)c1OC1CC1. The van der Waals surface area contributed by atoms with Crippen molar-refractivity contribution in [1.82, 2.24) is 0 Å². The van der Waals surface area contributed by atoms with Crippen molar-refractivity contribution in [1.29, 1.82) is 0 Å². The highest BCUT2D eigenvalue weighted by Gasteiger charge is 2.37. The third kappa shape index (κ3) is 3.53. The molecule has 0 radical (unpaired) electrons. The lowest BCUT2D eigenvalue weighted by molar-refractivity contribution is 0.262. The van der Waals surface area contributed by atoms with Crippen LogP contribution in [0.4, 0.5) is 36.4 Å². The first-order valence-corrected chi connectivity index (χ1v) is 8.71. The first-order valence-electron chi connectivity index (χ1n) is 7.23. The number of ether oxygens (including phenoxy) is 1. The van der Waals surface area contributed by atoms with Gasteiger partial charge in [-0.25, -0.2) is 34.8 Å². The molecular formula is C15H8F7NO3S. The normalized spacial score (nSPS) is 14.3. The van der Waals surface area contributed by atoms with E-state index in [0.717, 1.165) is 0 Å². The van der Waals surface area contributed by atoms with E-state index in [1.54, 1.807) is 0 Å². The number of rotatable bonds is 5. The molecule has 27 heavy (non-hydrogen) atoms. The van der Waals surface area contributed by atoms with E-state index in [2.05, 4.69) is 0 Å². The van der Waals surface area contributed by atoms with Gasteiger partial charge in [0.15, 0.2) is 33.9 Å². The average molecular weight is 415 g/mol. The Morgan fingerprint density at radius 1 is 0.815 bits per heavy atom. The van der Waals surface area contributed by atoms with Gasteiger partial charge in [-0.2, -0.15) is 4.39 Å². The molecule has 1 fully saturated rings. The van der Waals surface area contributed by atoms with Gasteiger partial charge in [-0.05, 0) is 12.8 Å². The highest BCUT2D eigenvalue weighted by molar-refractivity contribution is 7.92. The van der Waals surface area contributed by atoms with Crippen molar-refractivity contribution in [3.63, 3.8) is 0 Å². The van der Waals surface area contributed by atoms with E-state index in [4.69, 9.17) is 4.74 Å². The van der Waals surface area contributed by atoms with E-state index in [9.17, 15) is 39.2 Å². The maximum absolute atomic E-state index is 14.1. The molecule has 146 valence electrons. The molecule has 0 amide bonds. The van der Waals surface area contributed by atoms with E-state index in [1.807, 2.05) is 0 Å². The molecule has 2 aromatic carbocycles. The van der Waals surface area contributed by atoms with Crippen LogP contribution in [-0.4, -0.2) is 14.5 Å². The monoisotopic (exact) mass is 415 g/mol. The zero-order valence-corrected chi connectivity index (χ0v) is 13.7. The van der Waals surface area contributed by atoms with Gasteiger partial charge in [0.05, 0.1) is 11.8 Å². The van der Waals surface area contributed by atoms with Crippen LogP contribution in [0.2, 0.25) is 0 Å². The third-order valence-electron chi connectivity index (χ3n) is 3.51. The van der Waals surface area contributed by atoms with E-state index in [1.165, 1.54) is 4.72 Å². The quantitative estimate of drug-likeness (QED) is 0.456. The van der Waals surface area contributed by atoms with Gasteiger partial charge in [0.2, 0.25) is 11.6 Å². The van der Waals surface area contributed by atoms with Crippen molar-refractivity contribution in [3.05, 3.63) is 52.9 Å². The summed E-state index contributed by atoms with van der Waals surface area (Å²) in [4.78, 5) is -1.77. The fourth-order valence-electron chi connectivity index (χ4n) is 2.09. The Morgan fingerprint density at radius 2 is 1.37 bits per heavy atom. The Bertz CT molecular complexity index is 1040. The van der Waals surface area contributed by atoms with Crippen LogP contribution in [0.3, 0.4) is 0 Å². The molecule has 0 atom stereocenters. The molecule has 3 rings (SSSR count). The first-order chi connectivity index (χ1) is 12.5. The summed E-state index contributed by atoms with van der Waals surface area (Å²) in [5, 5.41) is 0. The number of sulfonamides is 1. The molecule has 0 aromatic heterocycles. The van der Waals surface area contributed by atoms with Crippen molar-refractivity contribution in [2.45, 2.75) is 23.8 Å². The summed E-state index contributed by atoms with van der Waals surface area (Å²) in [5.74, 6) is -15.5. The number of halogens is 7. The van der Waals surface area contributed by atoms with Crippen molar-refractivity contribution in [2.75, 3.05) is 4.72 Å². The number of benzene rings is 2. The smallest absolute Gasteiger partial charge is 0.268 e. The molecule has 1 N–H and O–H groups in total. The second-order valence-electron chi connectivity index (χ2n) is 5.58. The molecule has 0 spiro atoms. The molecule has 2 aromatic rings. The predicted molar refractivity (Wildman–Crippen MR) is 77.0 cm³/mol. The van der Waals surface area contributed by atoms with Gasteiger partial charge in [0, 0.05) is 12.1 Å². The highest BCUT2D eigenvalue weighted by Crippen LogP contribution is 2.38. The average Bonchev–Trinajstić information content (AvgIpc) is 3.39. The van der Waals surface area contributed by atoms with Crippen molar-refractivity contribution >= 4 is 15.7 Å². The summed E-state index contributed by atoms with van der Waals surface area (Å²) in [6.07, 6.45) is -0.104. The number of hydrogen-bond donors (Lipinski definition) is 1. The van der Waals surface area contributed by atoms with Crippen LogP contribution in [0.15, 0.2) is 17.0 Å². The molecule has 0 unspecified atom stereocenters. The zero-order chi connectivity index (χ0) is 20.1. The van der Waals surface area contributed by atoms with E-state index in [0.29, 0.717) is 12.8 Å².